The highest BCUT2D eigenvalue weighted by Crippen LogP contribution is 2.27. The van der Waals surface area contributed by atoms with E-state index in [1.807, 2.05) is 0 Å². The molecule has 6 heteroatoms. The van der Waals surface area contributed by atoms with Crippen molar-refractivity contribution in [2.45, 2.75) is 63.6 Å². The van der Waals surface area contributed by atoms with Crippen molar-refractivity contribution < 1.29 is 19.8 Å². The van der Waals surface area contributed by atoms with Crippen LogP contribution < -0.4 is 5.32 Å². The van der Waals surface area contributed by atoms with Crippen LogP contribution in [-0.4, -0.2) is 51.8 Å². The molecule has 2 amide bonds. The number of carboxylic acid groups (broad SMARTS) is 1. The fourth-order valence-electron chi connectivity index (χ4n) is 3.40. The predicted octanol–water partition coefficient (Wildman–Crippen LogP) is 1.18. The molecule has 0 bridgehead atoms. The van der Waals surface area contributed by atoms with E-state index in [1.165, 1.54) is 11.3 Å². The minimum absolute atomic E-state index is 0.103. The molecule has 0 spiro atoms. The number of nitrogens with zero attached hydrogens (tertiary/aromatic N) is 1. The van der Waals surface area contributed by atoms with Gasteiger partial charge in [0.1, 0.15) is 6.04 Å². The second-order valence-electron chi connectivity index (χ2n) is 5.90. The average molecular weight is 284 g/mol. The summed E-state index contributed by atoms with van der Waals surface area (Å²) in [6.07, 6.45) is 4.78. The molecular weight excluding hydrogens is 260 g/mol. The van der Waals surface area contributed by atoms with Gasteiger partial charge in [-0.25, -0.2) is 9.59 Å². The molecule has 0 aromatic heterocycles. The lowest BCUT2D eigenvalue weighted by atomic mass is 9.83. The lowest BCUT2D eigenvalue weighted by Crippen LogP contribution is -2.51. The van der Waals surface area contributed by atoms with E-state index < -0.39 is 18.1 Å². The topological polar surface area (TPSA) is 89.9 Å². The molecule has 0 aromatic rings. The Morgan fingerprint density at radius 3 is 2.65 bits per heavy atom. The van der Waals surface area contributed by atoms with Crippen LogP contribution in [0, 0.1) is 5.92 Å². The van der Waals surface area contributed by atoms with Crippen molar-refractivity contribution in [3.63, 3.8) is 0 Å². The van der Waals surface area contributed by atoms with E-state index in [-0.39, 0.29) is 25.0 Å². The van der Waals surface area contributed by atoms with Crippen LogP contribution in [0.25, 0.3) is 0 Å². The monoisotopic (exact) mass is 284 g/mol. The Hall–Kier alpha value is -1.30. The molecule has 2 rings (SSSR count). The summed E-state index contributed by atoms with van der Waals surface area (Å²) in [6.45, 7) is 2.22. The Kier molecular flexibility index (Phi) is 4.86. The number of aliphatic hydroxyl groups excluding tert-OH is 1. The zero-order valence-electron chi connectivity index (χ0n) is 11.9. The van der Waals surface area contributed by atoms with Crippen LogP contribution >= 0.6 is 0 Å². The van der Waals surface area contributed by atoms with Crippen molar-refractivity contribution >= 4 is 12.0 Å². The third-order valence-corrected chi connectivity index (χ3v) is 4.57. The summed E-state index contributed by atoms with van der Waals surface area (Å²) in [5.41, 5.74) is 0. The van der Waals surface area contributed by atoms with E-state index in [0.29, 0.717) is 5.92 Å². The van der Waals surface area contributed by atoms with Crippen LogP contribution in [0.15, 0.2) is 0 Å². The molecule has 1 aliphatic carbocycles. The van der Waals surface area contributed by atoms with E-state index >= 15 is 0 Å². The van der Waals surface area contributed by atoms with Gasteiger partial charge in [0.2, 0.25) is 0 Å². The standard InChI is InChI=1S/C14H24N2O4/c1-2-9-5-3-4-6-11(9)15-14(20)16-8-10(17)7-12(16)13(18)19/h9-12,17H,2-8H2,1H3,(H,15,20)(H,18,19)/t9?,10-,11?,12-/m1/s1. The van der Waals surface area contributed by atoms with E-state index in [1.54, 1.807) is 0 Å². The van der Waals surface area contributed by atoms with E-state index in [4.69, 9.17) is 5.11 Å². The molecule has 2 fully saturated rings. The Morgan fingerprint density at radius 2 is 2.00 bits per heavy atom. The van der Waals surface area contributed by atoms with Crippen LogP contribution in [0.2, 0.25) is 0 Å². The molecule has 0 radical (unpaired) electrons. The zero-order valence-corrected chi connectivity index (χ0v) is 11.9. The van der Waals surface area contributed by atoms with Gasteiger partial charge in [0, 0.05) is 19.0 Å². The number of urea groups is 1. The van der Waals surface area contributed by atoms with Gasteiger partial charge in [0.25, 0.3) is 0 Å². The van der Waals surface area contributed by atoms with E-state index in [2.05, 4.69) is 12.2 Å². The Bertz CT molecular complexity index is 374. The molecule has 0 aromatic carbocycles. The maximum absolute atomic E-state index is 12.3. The average Bonchev–Trinajstić information content (AvgIpc) is 2.82. The molecular formula is C14H24N2O4. The number of carbonyl (C=O) groups excluding carboxylic acids is 1. The molecule has 1 saturated heterocycles. The summed E-state index contributed by atoms with van der Waals surface area (Å²) in [5, 5.41) is 21.7. The number of carbonyl (C=O) groups is 2. The first-order valence-electron chi connectivity index (χ1n) is 7.51. The zero-order chi connectivity index (χ0) is 14.7. The number of aliphatic carboxylic acids is 1. The van der Waals surface area contributed by atoms with Gasteiger partial charge in [-0.05, 0) is 18.8 Å². The second-order valence-corrected chi connectivity index (χ2v) is 5.90. The number of hydrogen-bond acceptors (Lipinski definition) is 3. The van der Waals surface area contributed by atoms with Crippen molar-refractivity contribution in [1.29, 1.82) is 0 Å². The maximum Gasteiger partial charge on any atom is 0.326 e. The number of rotatable bonds is 3. The van der Waals surface area contributed by atoms with E-state index in [0.717, 1.165) is 25.7 Å². The van der Waals surface area contributed by atoms with Crippen LogP contribution in [-0.2, 0) is 4.79 Å². The van der Waals surface area contributed by atoms with Crippen molar-refractivity contribution in [2.24, 2.45) is 5.92 Å². The number of nitrogens with one attached hydrogen (secondary N) is 1. The highest BCUT2D eigenvalue weighted by molar-refractivity contribution is 5.83. The minimum Gasteiger partial charge on any atom is -0.480 e. The third-order valence-electron chi connectivity index (χ3n) is 4.57. The smallest absolute Gasteiger partial charge is 0.326 e. The minimum atomic E-state index is -1.05. The molecule has 1 saturated carbocycles. The Labute approximate surface area is 119 Å². The lowest BCUT2D eigenvalue weighted by Gasteiger charge is -2.33. The number of carboxylic acids is 1. The predicted molar refractivity (Wildman–Crippen MR) is 73.3 cm³/mol. The molecule has 4 atom stereocenters. The van der Waals surface area contributed by atoms with Crippen LogP contribution in [0.4, 0.5) is 4.79 Å². The van der Waals surface area contributed by atoms with Crippen molar-refractivity contribution in [1.82, 2.24) is 10.2 Å². The lowest BCUT2D eigenvalue weighted by molar-refractivity contribution is -0.141. The van der Waals surface area contributed by atoms with Crippen LogP contribution in [0.1, 0.15) is 45.4 Å². The van der Waals surface area contributed by atoms with Crippen LogP contribution in [0.3, 0.4) is 0 Å². The van der Waals surface area contributed by atoms with Gasteiger partial charge in [-0.3, -0.25) is 0 Å². The third kappa shape index (κ3) is 3.23. The molecule has 2 aliphatic rings. The largest absolute Gasteiger partial charge is 0.480 e. The fraction of sp³-hybridized carbons (Fsp3) is 0.857. The normalized spacial score (nSPS) is 34.0. The summed E-state index contributed by atoms with van der Waals surface area (Å²) < 4.78 is 0. The summed E-state index contributed by atoms with van der Waals surface area (Å²) in [6, 6.07) is -1.12. The second kappa shape index (κ2) is 6.43. The van der Waals surface area contributed by atoms with Gasteiger partial charge < -0.3 is 20.4 Å². The van der Waals surface area contributed by atoms with Gasteiger partial charge in [0.15, 0.2) is 0 Å². The molecule has 2 unspecified atom stereocenters. The number of hydrogen-bond donors (Lipinski definition) is 3. The summed E-state index contributed by atoms with van der Waals surface area (Å²) in [4.78, 5) is 24.7. The highest BCUT2D eigenvalue weighted by Gasteiger charge is 2.40. The van der Waals surface area contributed by atoms with Gasteiger partial charge >= 0.3 is 12.0 Å². The highest BCUT2D eigenvalue weighted by atomic mass is 16.4. The van der Waals surface area contributed by atoms with Crippen LogP contribution in [0.5, 0.6) is 0 Å². The van der Waals surface area contributed by atoms with Gasteiger partial charge in [-0.15, -0.1) is 0 Å². The summed E-state index contributed by atoms with van der Waals surface area (Å²) >= 11 is 0. The fourth-order valence-corrected chi connectivity index (χ4v) is 3.40. The number of aliphatic hydroxyl groups is 1. The van der Waals surface area contributed by atoms with Gasteiger partial charge in [-0.2, -0.15) is 0 Å². The number of β-amino-alcohol motifs (C(OH)–C–C–N with tert-alkyl or cyclic N) is 1. The van der Waals surface area contributed by atoms with Crippen molar-refractivity contribution in [3.05, 3.63) is 0 Å². The van der Waals surface area contributed by atoms with Gasteiger partial charge in [-0.1, -0.05) is 26.2 Å². The Balaban J connectivity index is 1.98. The molecule has 1 heterocycles. The molecule has 1 aliphatic heterocycles. The first kappa shape index (κ1) is 15.1. The van der Waals surface area contributed by atoms with Gasteiger partial charge in [0.05, 0.1) is 6.10 Å². The summed E-state index contributed by atoms with van der Waals surface area (Å²) in [5.74, 6) is -0.573. The van der Waals surface area contributed by atoms with E-state index in [9.17, 15) is 14.7 Å². The Morgan fingerprint density at radius 1 is 1.30 bits per heavy atom. The molecule has 114 valence electrons. The van der Waals surface area contributed by atoms with Crippen molar-refractivity contribution in [3.8, 4) is 0 Å². The summed E-state index contributed by atoms with van der Waals surface area (Å²) in [7, 11) is 0. The first-order valence-corrected chi connectivity index (χ1v) is 7.51. The number of amides is 2. The quantitative estimate of drug-likeness (QED) is 0.726. The maximum atomic E-state index is 12.3. The van der Waals surface area contributed by atoms with Crippen molar-refractivity contribution in [2.75, 3.05) is 6.54 Å². The first-order chi connectivity index (χ1) is 9.52. The SMILES string of the molecule is CCC1CCCCC1NC(=O)N1C[C@H](O)C[C@@H]1C(=O)O. The number of likely N-dealkylation sites (tertiary alicyclic amines) is 1. The molecule has 3 N–H and O–H groups in total. The molecule has 6 nitrogen and oxygen atoms in total. The molecule has 20 heavy (non-hydrogen) atoms.